The maximum Gasteiger partial charge on any atom is 0.341 e. The highest BCUT2D eigenvalue weighted by Gasteiger charge is 2.31. The van der Waals surface area contributed by atoms with Gasteiger partial charge in [0, 0.05) is 0 Å². The van der Waals surface area contributed by atoms with E-state index in [2.05, 4.69) is 10.1 Å². The van der Waals surface area contributed by atoms with Crippen LogP contribution in [-0.2, 0) is 4.74 Å². The van der Waals surface area contributed by atoms with Crippen molar-refractivity contribution in [1.29, 1.82) is 0 Å². The predicted molar refractivity (Wildman–Crippen MR) is 69.6 cm³/mol. The van der Waals surface area contributed by atoms with Crippen molar-refractivity contribution >= 4 is 5.97 Å². The number of rotatable bonds is 4. The van der Waals surface area contributed by atoms with Crippen molar-refractivity contribution in [1.82, 2.24) is 14.8 Å². The molecule has 21 heavy (non-hydrogen) atoms. The van der Waals surface area contributed by atoms with Crippen molar-refractivity contribution in [3.63, 3.8) is 0 Å². The molecule has 110 valence electrons. The fourth-order valence-corrected chi connectivity index (χ4v) is 2.17. The molecule has 1 saturated carbocycles. The minimum atomic E-state index is -0.969. The number of hydrogen-bond acceptors (Lipinski definition) is 4. The lowest BCUT2D eigenvalue weighted by molar-refractivity contribution is 0.0527. The van der Waals surface area contributed by atoms with E-state index in [9.17, 15) is 13.6 Å². The fourth-order valence-electron chi connectivity index (χ4n) is 2.17. The predicted octanol–water partition coefficient (Wildman–Crippen LogP) is 2.73. The largest absolute Gasteiger partial charge is 0.462 e. The highest BCUT2D eigenvalue weighted by molar-refractivity contribution is 5.96. The molecule has 7 heteroatoms. The average Bonchev–Trinajstić information content (AvgIpc) is 3.19. The van der Waals surface area contributed by atoms with Crippen molar-refractivity contribution in [3.8, 4) is 11.3 Å². The quantitative estimate of drug-likeness (QED) is 0.642. The van der Waals surface area contributed by atoms with Gasteiger partial charge in [0.25, 0.3) is 0 Å². The van der Waals surface area contributed by atoms with Crippen LogP contribution < -0.4 is 0 Å². The fraction of sp³-hybridized carbons (Fsp3) is 0.357. The molecule has 5 nitrogen and oxygen atoms in total. The van der Waals surface area contributed by atoms with E-state index in [0.717, 1.165) is 18.9 Å². The molecule has 0 N–H and O–H groups in total. The van der Waals surface area contributed by atoms with Crippen LogP contribution in [0, 0.1) is 11.9 Å². The Bertz CT molecular complexity index is 696. The zero-order valence-electron chi connectivity index (χ0n) is 11.3. The standard InChI is InChI=1S/C14H13F2N3O2/c1-2-21-14(20)10-7-17-19(8-3-4-8)12(10)9-5-6-11(15)18-13(9)16/h5-8H,2-4H2,1H3. The van der Waals surface area contributed by atoms with Crippen LogP contribution in [0.1, 0.15) is 36.2 Å². The van der Waals surface area contributed by atoms with Crippen LogP contribution in [0.25, 0.3) is 11.3 Å². The number of hydrogen-bond donors (Lipinski definition) is 0. The highest BCUT2D eigenvalue weighted by atomic mass is 19.1. The molecule has 0 aliphatic heterocycles. The molecule has 2 aromatic rings. The van der Waals surface area contributed by atoms with E-state index >= 15 is 0 Å². The first-order chi connectivity index (χ1) is 10.1. The van der Waals surface area contributed by atoms with Gasteiger partial charge >= 0.3 is 5.97 Å². The van der Waals surface area contributed by atoms with Crippen molar-refractivity contribution in [2.45, 2.75) is 25.8 Å². The van der Waals surface area contributed by atoms with E-state index in [1.807, 2.05) is 0 Å². The third-order valence-corrected chi connectivity index (χ3v) is 3.25. The Morgan fingerprint density at radius 1 is 1.43 bits per heavy atom. The van der Waals surface area contributed by atoms with Gasteiger partial charge in [-0.3, -0.25) is 4.68 Å². The lowest BCUT2D eigenvalue weighted by Gasteiger charge is -2.09. The van der Waals surface area contributed by atoms with Crippen LogP contribution in [-0.4, -0.2) is 27.3 Å². The minimum absolute atomic E-state index is 0.0452. The Morgan fingerprint density at radius 3 is 2.81 bits per heavy atom. The first kappa shape index (κ1) is 13.7. The molecule has 1 fully saturated rings. The Morgan fingerprint density at radius 2 is 2.19 bits per heavy atom. The molecule has 2 heterocycles. The molecule has 0 atom stereocenters. The highest BCUT2D eigenvalue weighted by Crippen LogP contribution is 2.39. The van der Waals surface area contributed by atoms with Gasteiger partial charge in [0.2, 0.25) is 11.9 Å². The second-order valence-corrected chi connectivity index (χ2v) is 4.78. The maximum absolute atomic E-state index is 14.0. The first-order valence-electron chi connectivity index (χ1n) is 6.69. The van der Waals surface area contributed by atoms with E-state index in [4.69, 9.17) is 4.74 Å². The second kappa shape index (κ2) is 5.23. The van der Waals surface area contributed by atoms with E-state index in [1.54, 1.807) is 11.6 Å². The second-order valence-electron chi connectivity index (χ2n) is 4.78. The number of carbonyl (C=O) groups excluding carboxylic acids is 1. The van der Waals surface area contributed by atoms with E-state index < -0.39 is 17.9 Å². The van der Waals surface area contributed by atoms with Gasteiger partial charge in [0.1, 0.15) is 5.56 Å². The summed E-state index contributed by atoms with van der Waals surface area (Å²) >= 11 is 0. The first-order valence-corrected chi connectivity index (χ1v) is 6.69. The SMILES string of the molecule is CCOC(=O)c1cnn(C2CC2)c1-c1ccc(F)nc1F. The average molecular weight is 293 g/mol. The zero-order chi connectivity index (χ0) is 15.0. The summed E-state index contributed by atoms with van der Waals surface area (Å²) in [5.41, 5.74) is 0.501. The molecular formula is C14H13F2N3O2. The van der Waals surface area contributed by atoms with Gasteiger partial charge in [0.15, 0.2) is 0 Å². The summed E-state index contributed by atoms with van der Waals surface area (Å²) in [7, 11) is 0. The molecular weight excluding hydrogens is 280 g/mol. The summed E-state index contributed by atoms with van der Waals surface area (Å²) in [6, 6.07) is 2.45. The smallest absolute Gasteiger partial charge is 0.341 e. The number of ether oxygens (including phenoxy) is 1. The Hall–Kier alpha value is -2.31. The topological polar surface area (TPSA) is 57.0 Å². The van der Waals surface area contributed by atoms with Gasteiger partial charge in [-0.1, -0.05) is 0 Å². The van der Waals surface area contributed by atoms with Crippen LogP contribution in [0.2, 0.25) is 0 Å². The van der Waals surface area contributed by atoms with E-state index in [0.29, 0.717) is 5.69 Å². The van der Waals surface area contributed by atoms with Gasteiger partial charge < -0.3 is 4.74 Å². The molecule has 0 aromatic carbocycles. The molecule has 1 aliphatic rings. The number of halogens is 2. The molecule has 0 bridgehead atoms. The lowest BCUT2D eigenvalue weighted by atomic mass is 10.1. The number of pyridine rings is 1. The summed E-state index contributed by atoms with van der Waals surface area (Å²) in [6.45, 7) is 1.89. The van der Waals surface area contributed by atoms with Gasteiger partial charge in [-0.05, 0) is 31.9 Å². The molecule has 0 saturated heterocycles. The van der Waals surface area contributed by atoms with Gasteiger partial charge in [0.05, 0.1) is 30.1 Å². The Kier molecular flexibility index (Phi) is 3.40. The molecule has 0 amide bonds. The maximum atomic E-state index is 14.0. The molecule has 0 radical (unpaired) electrons. The Labute approximate surface area is 119 Å². The summed E-state index contributed by atoms with van der Waals surface area (Å²) in [5.74, 6) is -2.46. The Balaban J connectivity index is 2.13. The molecule has 2 aromatic heterocycles. The summed E-state index contributed by atoms with van der Waals surface area (Å²) in [5, 5.41) is 4.15. The molecule has 0 spiro atoms. The third kappa shape index (κ3) is 2.51. The van der Waals surface area contributed by atoms with Crippen molar-refractivity contribution < 1.29 is 18.3 Å². The zero-order valence-corrected chi connectivity index (χ0v) is 11.3. The van der Waals surface area contributed by atoms with E-state index in [1.165, 1.54) is 12.3 Å². The summed E-state index contributed by atoms with van der Waals surface area (Å²) in [6.07, 6.45) is 3.18. The number of carbonyl (C=O) groups is 1. The number of nitrogens with zero attached hydrogens (tertiary/aromatic N) is 3. The van der Waals surface area contributed by atoms with Crippen LogP contribution in [0.15, 0.2) is 18.3 Å². The van der Waals surface area contributed by atoms with Gasteiger partial charge in [-0.15, -0.1) is 0 Å². The van der Waals surface area contributed by atoms with Crippen molar-refractivity contribution in [3.05, 3.63) is 35.8 Å². The van der Waals surface area contributed by atoms with Crippen LogP contribution in [0.4, 0.5) is 8.78 Å². The van der Waals surface area contributed by atoms with Crippen LogP contribution in [0.3, 0.4) is 0 Å². The monoisotopic (exact) mass is 293 g/mol. The number of aromatic nitrogens is 3. The molecule has 1 aliphatic carbocycles. The van der Waals surface area contributed by atoms with Gasteiger partial charge in [-0.2, -0.15) is 18.9 Å². The minimum Gasteiger partial charge on any atom is -0.462 e. The van der Waals surface area contributed by atoms with E-state index in [-0.39, 0.29) is 23.8 Å². The van der Waals surface area contributed by atoms with Crippen LogP contribution >= 0.6 is 0 Å². The summed E-state index contributed by atoms with van der Waals surface area (Å²) < 4.78 is 33.5. The lowest BCUT2D eigenvalue weighted by Crippen LogP contribution is -2.08. The van der Waals surface area contributed by atoms with Crippen molar-refractivity contribution in [2.24, 2.45) is 0 Å². The van der Waals surface area contributed by atoms with Gasteiger partial charge in [-0.25, -0.2) is 4.79 Å². The van der Waals surface area contributed by atoms with Crippen molar-refractivity contribution in [2.75, 3.05) is 6.61 Å². The molecule has 3 rings (SSSR count). The summed E-state index contributed by atoms with van der Waals surface area (Å²) in [4.78, 5) is 15.2. The third-order valence-electron chi connectivity index (χ3n) is 3.25. The van der Waals surface area contributed by atoms with Crippen LogP contribution in [0.5, 0.6) is 0 Å². The normalized spacial score (nSPS) is 14.2. The molecule has 0 unspecified atom stereocenters. The number of esters is 1.